The van der Waals surface area contributed by atoms with E-state index < -0.39 is 0 Å². The molecule has 0 aromatic rings. The second-order valence-electron chi connectivity index (χ2n) is 3.81. The molecule has 2 nitrogen and oxygen atoms in total. The van der Waals surface area contributed by atoms with Gasteiger partial charge in [0.2, 0.25) is 0 Å². The number of esters is 1. The molecule has 0 unspecified atom stereocenters. The van der Waals surface area contributed by atoms with Gasteiger partial charge in [0.25, 0.3) is 0 Å². The number of rotatable bonds is 3. The molecule has 1 atom stereocenters. The number of hydrogen-bond acceptors (Lipinski definition) is 2. The van der Waals surface area contributed by atoms with Crippen LogP contribution in [0, 0.1) is 12.3 Å². The summed E-state index contributed by atoms with van der Waals surface area (Å²) < 4.78 is 5.24. The molecule has 0 heterocycles. The Kier molecular flexibility index (Phi) is 4.26. The van der Waals surface area contributed by atoms with E-state index in [9.17, 15) is 4.79 Å². The first-order chi connectivity index (χ1) is 6.24. The van der Waals surface area contributed by atoms with Crippen LogP contribution in [-0.4, -0.2) is 12.1 Å². The fourth-order valence-electron chi connectivity index (χ4n) is 1.69. The highest BCUT2D eigenvalue weighted by Gasteiger charge is 2.23. The van der Waals surface area contributed by atoms with Gasteiger partial charge >= 0.3 is 5.97 Å². The Hall–Kier alpha value is -0.530. The van der Waals surface area contributed by atoms with Gasteiger partial charge in [-0.2, -0.15) is 0 Å². The Bertz CT molecular complexity index is 159. The highest BCUT2D eigenvalue weighted by Crippen LogP contribution is 2.25. The van der Waals surface area contributed by atoms with Crippen LogP contribution in [0.4, 0.5) is 0 Å². The van der Waals surface area contributed by atoms with Gasteiger partial charge in [0.15, 0.2) is 0 Å². The van der Waals surface area contributed by atoms with Crippen molar-refractivity contribution in [1.29, 1.82) is 0 Å². The molecule has 0 spiro atoms. The van der Waals surface area contributed by atoms with Crippen LogP contribution >= 0.6 is 0 Å². The van der Waals surface area contributed by atoms with Crippen LogP contribution in [0.25, 0.3) is 0 Å². The van der Waals surface area contributed by atoms with Crippen molar-refractivity contribution in [1.82, 2.24) is 0 Å². The zero-order chi connectivity index (χ0) is 9.68. The van der Waals surface area contributed by atoms with Crippen molar-refractivity contribution < 1.29 is 9.53 Å². The minimum absolute atomic E-state index is 0.00491. The molecule has 1 fully saturated rings. The molecule has 0 aromatic heterocycles. The van der Waals surface area contributed by atoms with E-state index in [0.29, 0.717) is 0 Å². The number of ether oxygens (including phenoxy) is 1. The Balaban J connectivity index is 2.29. The second-order valence-corrected chi connectivity index (χ2v) is 3.81. The molecule has 1 aliphatic rings. The van der Waals surface area contributed by atoms with Gasteiger partial charge in [0, 0.05) is 0 Å². The summed E-state index contributed by atoms with van der Waals surface area (Å²) in [6.45, 7) is 3.82. The van der Waals surface area contributed by atoms with Crippen molar-refractivity contribution in [3.8, 4) is 0 Å². The van der Waals surface area contributed by atoms with Gasteiger partial charge in [-0.1, -0.05) is 26.2 Å². The normalized spacial score (nSPS) is 21.1. The van der Waals surface area contributed by atoms with E-state index in [2.05, 4.69) is 0 Å². The first-order valence-corrected chi connectivity index (χ1v) is 5.24. The summed E-state index contributed by atoms with van der Waals surface area (Å²) in [5, 5.41) is 0. The smallest absolute Gasteiger partial charge is 0.309 e. The quantitative estimate of drug-likeness (QED) is 0.629. The maximum Gasteiger partial charge on any atom is 0.309 e. The maximum absolute atomic E-state index is 11.5. The van der Waals surface area contributed by atoms with Crippen LogP contribution in [-0.2, 0) is 9.53 Å². The Morgan fingerprint density at radius 2 is 2.00 bits per heavy atom. The van der Waals surface area contributed by atoms with Gasteiger partial charge in [0.1, 0.15) is 6.10 Å². The van der Waals surface area contributed by atoms with Gasteiger partial charge < -0.3 is 4.74 Å². The van der Waals surface area contributed by atoms with Crippen molar-refractivity contribution in [2.45, 2.75) is 52.1 Å². The van der Waals surface area contributed by atoms with Gasteiger partial charge in [0.05, 0.1) is 5.92 Å². The molecule has 0 bridgehead atoms. The predicted molar refractivity (Wildman–Crippen MR) is 52.1 cm³/mol. The van der Waals surface area contributed by atoms with Crippen LogP contribution in [0.1, 0.15) is 46.0 Å². The van der Waals surface area contributed by atoms with Crippen LogP contribution < -0.4 is 0 Å². The molecule has 0 saturated heterocycles. The zero-order valence-corrected chi connectivity index (χ0v) is 8.58. The standard InChI is InChI=1S/C11H19O2/c1-3-9(2)13-11(12)10-7-5-4-6-8-10/h3,9-10H,4-8H2,1-2H3/t9-/m1/s1. The van der Waals surface area contributed by atoms with Crippen molar-refractivity contribution >= 4 is 5.97 Å². The molecule has 0 amide bonds. The molecule has 1 radical (unpaired) electrons. The molecule has 2 heteroatoms. The Labute approximate surface area is 80.7 Å². The zero-order valence-electron chi connectivity index (χ0n) is 8.58. The van der Waals surface area contributed by atoms with Gasteiger partial charge in [-0.15, -0.1) is 0 Å². The van der Waals surface area contributed by atoms with E-state index in [1.165, 1.54) is 19.3 Å². The fourth-order valence-corrected chi connectivity index (χ4v) is 1.69. The lowest BCUT2D eigenvalue weighted by Crippen LogP contribution is -2.24. The SMILES string of the molecule is C[CH][C@@H](C)OC(=O)C1CCCCC1. The molecular weight excluding hydrogens is 164 g/mol. The predicted octanol–water partition coefficient (Wildman–Crippen LogP) is 2.72. The van der Waals surface area contributed by atoms with Crippen LogP contribution in [0.3, 0.4) is 0 Å². The third-order valence-corrected chi connectivity index (χ3v) is 2.71. The van der Waals surface area contributed by atoms with Gasteiger partial charge in [-0.3, -0.25) is 4.79 Å². The van der Waals surface area contributed by atoms with Crippen LogP contribution in [0.2, 0.25) is 0 Å². The molecule has 1 saturated carbocycles. The molecule has 0 aromatic carbocycles. The van der Waals surface area contributed by atoms with Gasteiger partial charge in [-0.05, 0) is 26.2 Å². The van der Waals surface area contributed by atoms with Crippen molar-refractivity contribution in [2.75, 3.05) is 0 Å². The highest BCUT2D eigenvalue weighted by atomic mass is 16.5. The van der Waals surface area contributed by atoms with E-state index >= 15 is 0 Å². The molecule has 1 aliphatic carbocycles. The van der Waals surface area contributed by atoms with E-state index in [1.54, 1.807) is 0 Å². The molecule has 0 aliphatic heterocycles. The lowest BCUT2D eigenvalue weighted by molar-refractivity contribution is -0.152. The molecular formula is C11H19O2. The number of hydrogen-bond donors (Lipinski definition) is 0. The first-order valence-electron chi connectivity index (χ1n) is 5.24. The maximum atomic E-state index is 11.5. The molecule has 0 N–H and O–H groups in total. The summed E-state index contributed by atoms with van der Waals surface area (Å²) >= 11 is 0. The summed E-state index contributed by atoms with van der Waals surface area (Å²) in [6, 6.07) is 0. The average molecular weight is 183 g/mol. The third-order valence-electron chi connectivity index (χ3n) is 2.71. The number of carbonyl (C=O) groups excluding carboxylic acids is 1. The average Bonchev–Trinajstić information content (AvgIpc) is 2.19. The van der Waals surface area contributed by atoms with Crippen LogP contribution in [0.5, 0.6) is 0 Å². The third kappa shape index (κ3) is 3.37. The van der Waals surface area contributed by atoms with E-state index in [4.69, 9.17) is 4.74 Å². The summed E-state index contributed by atoms with van der Waals surface area (Å²) in [5.74, 6) is 0.182. The summed E-state index contributed by atoms with van der Waals surface area (Å²) in [6.07, 6.45) is 7.56. The Morgan fingerprint density at radius 3 is 2.54 bits per heavy atom. The Morgan fingerprint density at radius 1 is 1.38 bits per heavy atom. The largest absolute Gasteiger partial charge is 0.462 e. The molecule has 1 rings (SSSR count). The summed E-state index contributed by atoms with van der Waals surface area (Å²) in [7, 11) is 0. The van der Waals surface area contributed by atoms with Crippen molar-refractivity contribution in [3.63, 3.8) is 0 Å². The number of carbonyl (C=O) groups is 1. The fraction of sp³-hybridized carbons (Fsp3) is 0.818. The van der Waals surface area contributed by atoms with Crippen LogP contribution in [0.15, 0.2) is 0 Å². The van der Waals surface area contributed by atoms with E-state index in [-0.39, 0.29) is 18.0 Å². The highest BCUT2D eigenvalue weighted by molar-refractivity contribution is 5.72. The second kappa shape index (κ2) is 5.25. The minimum atomic E-state index is -0.0329. The molecule has 13 heavy (non-hydrogen) atoms. The van der Waals surface area contributed by atoms with Crippen molar-refractivity contribution in [2.24, 2.45) is 5.92 Å². The first kappa shape index (κ1) is 10.6. The lowest BCUT2D eigenvalue weighted by Gasteiger charge is -2.21. The van der Waals surface area contributed by atoms with E-state index in [0.717, 1.165) is 12.8 Å². The topological polar surface area (TPSA) is 26.3 Å². The summed E-state index contributed by atoms with van der Waals surface area (Å²) in [4.78, 5) is 11.5. The lowest BCUT2D eigenvalue weighted by atomic mass is 9.89. The summed E-state index contributed by atoms with van der Waals surface area (Å²) in [5.41, 5.74) is 0. The van der Waals surface area contributed by atoms with E-state index in [1.807, 2.05) is 20.3 Å². The van der Waals surface area contributed by atoms with Crippen molar-refractivity contribution in [3.05, 3.63) is 6.42 Å². The van der Waals surface area contributed by atoms with Gasteiger partial charge in [-0.25, -0.2) is 0 Å². The monoisotopic (exact) mass is 183 g/mol. The minimum Gasteiger partial charge on any atom is -0.462 e. The molecule has 75 valence electrons.